The molecule has 1 aromatic carbocycles. The van der Waals surface area contributed by atoms with Gasteiger partial charge in [0.25, 0.3) is 5.22 Å². The number of ether oxygens (including phenoxy) is 2. The Morgan fingerprint density at radius 2 is 1.71 bits per heavy atom. The van der Waals surface area contributed by atoms with Gasteiger partial charge in [0.15, 0.2) is 0 Å². The molecular formula is C20H27N3O4S. The number of hydrogen-bond acceptors (Lipinski definition) is 7. The SMILES string of the molecule is COc1cc(OC)cc(-c2nnc(S[C@@H](C(=O)N3CCCCC3)C(C)C)o2)c1. The molecule has 0 radical (unpaired) electrons. The molecule has 152 valence electrons. The number of carbonyl (C=O) groups is 1. The summed E-state index contributed by atoms with van der Waals surface area (Å²) in [4.78, 5) is 14.9. The van der Waals surface area contributed by atoms with E-state index in [1.165, 1.54) is 18.2 Å². The van der Waals surface area contributed by atoms with Crippen molar-refractivity contribution in [1.29, 1.82) is 0 Å². The number of methoxy groups -OCH3 is 2. The van der Waals surface area contributed by atoms with Gasteiger partial charge in [0.1, 0.15) is 11.5 Å². The minimum Gasteiger partial charge on any atom is -0.497 e. The van der Waals surface area contributed by atoms with Crippen LogP contribution in [0.2, 0.25) is 0 Å². The summed E-state index contributed by atoms with van der Waals surface area (Å²) in [5.41, 5.74) is 0.707. The number of piperidine rings is 1. The molecule has 0 saturated carbocycles. The van der Waals surface area contributed by atoms with Crippen molar-refractivity contribution in [3.05, 3.63) is 18.2 Å². The third-order valence-electron chi connectivity index (χ3n) is 4.75. The molecule has 2 heterocycles. The van der Waals surface area contributed by atoms with Crippen molar-refractivity contribution >= 4 is 17.7 Å². The highest BCUT2D eigenvalue weighted by Gasteiger charge is 2.30. The first-order valence-electron chi connectivity index (χ1n) is 9.54. The van der Waals surface area contributed by atoms with Crippen LogP contribution in [0.5, 0.6) is 11.5 Å². The molecular weight excluding hydrogens is 378 g/mol. The topological polar surface area (TPSA) is 77.7 Å². The van der Waals surface area contributed by atoms with Crippen LogP contribution in [0.25, 0.3) is 11.5 Å². The number of carbonyl (C=O) groups excluding carboxylic acids is 1. The summed E-state index contributed by atoms with van der Waals surface area (Å²) in [5.74, 6) is 1.96. The van der Waals surface area contributed by atoms with Gasteiger partial charge < -0.3 is 18.8 Å². The fourth-order valence-corrected chi connectivity index (χ4v) is 4.13. The van der Waals surface area contributed by atoms with Crippen LogP contribution in [0.15, 0.2) is 27.8 Å². The first-order valence-corrected chi connectivity index (χ1v) is 10.4. The van der Waals surface area contributed by atoms with Gasteiger partial charge in [-0.05, 0) is 37.3 Å². The predicted molar refractivity (Wildman–Crippen MR) is 108 cm³/mol. The van der Waals surface area contributed by atoms with Gasteiger partial charge >= 0.3 is 0 Å². The summed E-state index contributed by atoms with van der Waals surface area (Å²) in [7, 11) is 3.18. The fourth-order valence-electron chi connectivity index (χ4n) is 3.18. The Balaban J connectivity index is 1.77. The average Bonchev–Trinajstić information content (AvgIpc) is 3.20. The van der Waals surface area contributed by atoms with E-state index in [1.54, 1.807) is 20.3 Å². The van der Waals surface area contributed by atoms with Gasteiger partial charge in [0, 0.05) is 24.7 Å². The molecule has 1 fully saturated rings. The highest BCUT2D eigenvalue weighted by Crippen LogP contribution is 2.33. The highest BCUT2D eigenvalue weighted by atomic mass is 32.2. The molecule has 3 rings (SSSR count). The van der Waals surface area contributed by atoms with E-state index < -0.39 is 0 Å². The first-order chi connectivity index (χ1) is 13.5. The standard InChI is InChI=1S/C20H27N3O4S/c1-13(2)17(19(24)23-8-6-5-7-9-23)28-20-22-21-18(27-20)14-10-15(25-3)12-16(11-14)26-4/h10-13,17H,5-9H2,1-4H3/t17-/m1/s1. The van der Waals surface area contributed by atoms with E-state index in [-0.39, 0.29) is 17.1 Å². The van der Waals surface area contributed by atoms with E-state index in [1.807, 2.05) is 30.9 Å². The zero-order chi connectivity index (χ0) is 20.1. The van der Waals surface area contributed by atoms with Gasteiger partial charge in [-0.25, -0.2) is 0 Å². The lowest BCUT2D eigenvalue weighted by molar-refractivity contribution is -0.132. The lowest BCUT2D eigenvalue weighted by Gasteiger charge is -2.31. The predicted octanol–water partition coefficient (Wildman–Crippen LogP) is 3.88. The normalized spacial score (nSPS) is 15.5. The van der Waals surface area contributed by atoms with Gasteiger partial charge in [-0.15, -0.1) is 10.2 Å². The molecule has 0 unspecified atom stereocenters. The number of nitrogens with zero attached hydrogens (tertiary/aromatic N) is 3. The number of thioether (sulfide) groups is 1. The Kier molecular flexibility index (Phi) is 6.83. The molecule has 1 saturated heterocycles. The van der Waals surface area contributed by atoms with Crippen LogP contribution in [0.1, 0.15) is 33.1 Å². The molecule has 7 nitrogen and oxygen atoms in total. The van der Waals surface area contributed by atoms with Gasteiger partial charge in [0.05, 0.1) is 19.5 Å². The van der Waals surface area contributed by atoms with Crippen LogP contribution in [-0.2, 0) is 4.79 Å². The quantitative estimate of drug-likeness (QED) is 0.647. The Morgan fingerprint density at radius 3 is 2.29 bits per heavy atom. The van der Waals surface area contributed by atoms with Crippen molar-refractivity contribution < 1.29 is 18.7 Å². The van der Waals surface area contributed by atoms with Crippen molar-refractivity contribution in [2.45, 2.75) is 43.6 Å². The maximum atomic E-state index is 13.0. The minimum atomic E-state index is -0.244. The minimum absolute atomic E-state index is 0.155. The maximum absolute atomic E-state index is 13.0. The number of rotatable bonds is 7. The molecule has 28 heavy (non-hydrogen) atoms. The summed E-state index contributed by atoms with van der Waals surface area (Å²) < 4.78 is 16.4. The summed E-state index contributed by atoms with van der Waals surface area (Å²) >= 11 is 1.34. The molecule has 2 aromatic rings. The van der Waals surface area contributed by atoms with Gasteiger partial charge in [0.2, 0.25) is 11.8 Å². The molecule has 0 aliphatic carbocycles. The maximum Gasteiger partial charge on any atom is 0.277 e. The van der Waals surface area contributed by atoms with Crippen molar-refractivity contribution in [2.24, 2.45) is 5.92 Å². The Morgan fingerprint density at radius 1 is 1.07 bits per heavy atom. The summed E-state index contributed by atoms with van der Waals surface area (Å²) in [6.07, 6.45) is 3.34. The number of hydrogen-bond donors (Lipinski definition) is 0. The number of aromatic nitrogens is 2. The molecule has 0 N–H and O–H groups in total. The van der Waals surface area contributed by atoms with Crippen LogP contribution in [0, 0.1) is 5.92 Å². The largest absolute Gasteiger partial charge is 0.497 e. The Labute approximate surface area is 169 Å². The second kappa shape index (κ2) is 9.32. The van der Waals surface area contributed by atoms with Gasteiger partial charge in [-0.1, -0.05) is 25.6 Å². The van der Waals surface area contributed by atoms with Crippen molar-refractivity contribution in [3.8, 4) is 23.0 Å². The molecule has 1 atom stereocenters. The summed E-state index contributed by atoms with van der Waals surface area (Å²) in [6, 6.07) is 5.40. The summed E-state index contributed by atoms with van der Waals surface area (Å²) in [6.45, 7) is 5.76. The third-order valence-corrected chi connectivity index (χ3v) is 6.12. The summed E-state index contributed by atoms with van der Waals surface area (Å²) in [5, 5.41) is 8.44. The van der Waals surface area contributed by atoms with Gasteiger partial charge in [-0.2, -0.15) is 0 Å². The Hall–Kier alpha value is -2.22. The second-order valence-electron chi connectivity index (χ2n) is 7.14. The van der Waals surface area contributed by atoms with E-state index in [0.717, 1.165) is 25.9 Å². The first kappa shape index (κ1) is 20.5. The van der Waals surface area contributed by atoms with Crippen molar-refractivity contribution in [2.75, 3.05) is 27.3 Å². The van der Waals surface area contributed by atoms with Crippen molar-refractivity contribution in [1.82, 2.24) is 15.1 Å². The monoisotopic (exact) mass is 405 g/mol. The van der Waals surface area contributed by atoms with E-state index in [0.29, 0.717) is 28.2 Å². The van der Waals surface area contributed by atoms with Crippen molar-refractivity contribution in [3.63, 3.8) is 0 Å². The zero-order valence-corrected chi connectivity index (χ0v) is 17.6. The van der Waals surface area contributed by atoms with Crippen LogP contribution in [0.4, 0.5) is 0 Å². The number of amides is 1. The number of likely N-dealkylation sites (tertiary alicyclic amines) is 1. The molecule has 8 heteroatoms. The van der Waals surface area contributed by atoms with Crippen LogP contribution < -0.4 is 9.47 Å². The van der Waals surface area contributed by atoms with E-state index in [2.05, 4.69) is 10.2 Å². The van der Waals surface area contributed by atoms with E-state index >= 15 is 0 Å². The molecule has 0 spiro atoms. The zero-order valence-electron chi connectivity index (χ0n) is 16.8. The lowest BCUT2D eigenvalue weighted by atomic mass is 10.1. The van der Waals surface area contributed by atoms with Crippen LogP contribution in [-0.4, -0.2) is 53.6 Å². The fraction of sp³-hybridized carbons (Fsp3) is 0.550. The van der Waals surface area contributed by atoms with E-state index in [4.69, 9.17) is 13.9 Å². The van der Waals surface area contributed by atoms with E-state index in [9.17, 15) is 4.79 Å². The van der Waals surface area contributed by atoms with Gasteiger partial charge in [-0.3, -0.25) is 4.79 Å². The second-order valence-corrected chi connectivity index (χ2v) is 8.24. The third kappa shape index (κ3) is 4.79. The van der Waals surface area contributed by atoms with Crippen LogP contribution >= 0.6 is 11.8 Å². The average molecular weight is 406 g/mol. The highest BCUT2D eigenvalue weighted by molar-refractivity contribution is 8.00. The molecule has 1 aliphatic rings. The van der Waals surface area contributed by atoms with Crippen LogP contribution in [0.3, 0.4) is 0 Å². The molecule has 1 aliphatic heterocycles. The molecule has 0 bridgehead atoms. The lowest BCUT2D eigenvalue weighted by Crippen LogP contribution is -2.42. The smallest absolute Gasteiger partial charge is 0.277 e. The molecule has 1 amide bonds. The number of benzene rings is 1. The molecule has 1 aromatic heterocycles. The Bertz CT molecular complexity index is 780.